The molecule has 2 heterocycles. The number of anilines is 2. The number of nitrogens with one attached hydrogen (secondary N) is 4. The lowest BCUT2D eigenvalue weighted by Crippen LogP contribution is -2.33. The minimum absolute atomic E-state index is 0.0426. The van der Waals surface area contributed by atoms with Crippen LogP contribution in [0, 0.1) is 0 Å². The van der Waals surface area contributed by atoms with Gasteiger partial charge in [0.25, 0.3) is 0 Å². The highest BCUT2D eigenvalue weighted by atomic mass is 19.4. The maximum Gasteiger partial charge on any atom is 0.408 e. The molecule has 2 amide bonds. The number of fused-ring (bicyclic) bond motifs is 1. The Kier molecular flexibility index (Phi) is 5.39. The van der Waals surface area contributed by atoms with Crippen LogP contribution in [0.4, 0.5) is 29.6 Å². The van der Waals surface area contributed by atoms with Gasteiger partial charge in [0, 0.05) is 12.3 Å². The van der Waals surface area contributed by atoms with Crippen LogP contribution >= 0.6 is 0 Å². The monoisotopic (exact) mass is 392 g/mol. The van der Waals surface area contributed by atoms with E-state index in [1.165, 1.54) is 12.3 Å². The van der Waals surface area contributed by atoms with Crippen molar-refractivity contribution in [2.45, 2.75) is 32.1 Å². The van der Waals surface area contributed by atoms with Gasteiger partial charge in [-0.2, -0.15) is 18.3 Å². The number of hydrogen-bond acceptors (Lipinski definition) is 4. The molecule has 0 bridgehead atoms. The van der Waals surface area contributed by atoms with E-state index in [2.05, 4.69) is 31.1 Å². The second-order valence-electron chi connectivity index (χ2n) is 6.33. The number of aromatic amines is 1. The van der Waals surface area contributed by atoms with Crippen molar-refractivity contribution in [3.63, 3.8) is 0 Å². The molecule has 4 N–H and O–H groups in total. The van der Waals surface area contributed by atoms with Gasteiger partial charge in [-0.05, 0) is 19.4 Å². The van der Waals surface area contributed by atoms with E-state index < -0.39 is 18.2 Å². The molecule has 2 atom stereocenters. The minimum Gasteiger partial charge on any atom is -0.357 e. The molecular weight excluding hydrogens is 373 g/mol. The number of alkyl halides is 3. The van der Waals surface area contributed by atoms with E-state index in [4.69, 9.17) is 0 Å². The van der Waals surface area contributed by atoms with Crippen molar-refractivity contribution in [2.24, 2.45) is 0 Å². The van der Waals surface area contributed by atoms with Crippen LogP contribution in [0.2, 0.25) is 0 Å². The normalized spacial score (nSPS) is 13.8. The molecule has 0 spiro atoms. The van der Waals surface area contributed by atoms with Gasteiger partial charge in [0.15, 0.2) is 5.82 Å². The molecular formula is C18H19F3N6O. The van der Waals surface area contributed by atoms with Crippen LogP contribution < -0.4 is 16.0 Å². The average molecular weight is 392 g/mol. The molecule has 10 heteroatoms. The summed E-state index contributed by atoms with van der Waals surface area (Å²) in [7, 11) is 0. The molecule has 0 aliphatic rings. The topological polar surface area (TPSA) is 94.7 Å². The molecule has 2 unspecified atom stereocenters. The van der Waals surface area contributed by atoms with E-state index in [0.29, 0.717) is 10.9 Å². The van der Waals surface area contributed by atoms with E-state index in [1.807, 2.05) is 37.3 Å². The van der Waals surface area contributed by atoms with Crippen LogP contribution in [-0.2, 0) is 0 Å². The van der Waals surface area contributed by atoms with Gasteiger partial charge < -0.3 is 10.6 Å². The van der Waals surface area contributed by atoms with Gasteiger partial charge in [0.1, 0.15) is 11.9 Å². The van der Waals surface area contributed by atoms with Crippen molar-refractivity contribution in [3.05, 3.63) is 48.2 Å². The summed E-state index contributed by atoms with van der Waals surface area (Å²) in [5, 5.41) is 14.6. The molecule has 3 aromatic rings. The maximum absolute atomic E-state index is 12.7. The fraction of sp³-hybridized carbons (Fsp3) is 0.278. The Morgan fingerprint density at radius 2 is 1.89 bits per heavy atom. The zero-order chi connectivity index (χ0) is 20.3. The van der Waals surface area contributed by atoms with E-state index in [0.717, 1.165) is 12.5 Å². The molecule has 0 fully saturated rings. The fourth-order valence-electron chi connectivity index (χ4n) is 2.55. The lowest BCUT2D eigenvalue weighted by atomic mass is 10.1. The number of urea groups is 1. The summed E-state index contributed by atoms with van der Waals surface area (Å²) in [5.41, 5.74) is 1.39. The first-order valence-corrected chi connectivity index (χ1v) is 8.54. The molecule has 0 aliphatic carbocycles. The van der Waals surface area contributed by atoms with E-state index >= 15 is 0 Å². The number of carbonyl (C=O) groups is 1. The number of nitrogens with zero attached hydrogens (tertiary/aromatic N) is 2. The first-order chi connectivity index (χ1) is 13.2. The van der Waals surface area contributed by atoms with Gasteiger partial charge in [-0.3, -0.25) is 10.4 Å². The van der Waals surface area contributed by atoms with Crippen molar-refractivity contribution >= 4 is 28.6 Å². The third-order valence-corrected chi connectivity index (χ3v) is 4.18. The predicted octanol–water partition coefficient (Wildman–Crippen LogP) is 4.20. The number of H-pyrrole nitrogens is 1. The van der Waals surface area contributed by atoms with Crippen molar-refractivity contribution in [2.75, 3.05) is 10.6 Å². The lowest BCUT2D eigenvalue weighted by Gasteiger charge is -2.16. The molecule has 1 aromatic carbocycles. The Bertz CT molecular complexity index is 957. The van der Waals surface area contributed by atoms with E-state index in [1.54, 1.807) is 0 Å². The van der Waals surface area contributed by atoms with Crippen molar-refractivity contribution in [1.29, 1.82) is 0 Å². The SMILES string of the molecule is CC(NC(=O)Nc1cc2[nH]nc(NC(C)C(F)(F)F)c2cn1)c1ccccc1. The summed E-state index contributed by atoms with van der Waals surface area (Å²) in [6.07, 6.45) is -3.05. The Hall–Kier alpha value is -3.30. The van der Waals surface area contributed by atoms with Gasteiger partial charge in [-0.15, -0.1) is 0 Å². The molecule has 28 heavy (non-hydrogen) atoms. The zero-order valence-electron chi connectivity index (χ0n) is 15.1. The van der Waals surface area contributed by atoms with Gasteiger partial charge in [-0.25, -0.2) is 9.78 Å². The largest absolute Gasteiger partial charge is 0.408 e. The minimum atomic E-state index is -4.40. The quantitative estimate of drug-likeness (QED) is 0.523. The molecule has 0 aliphatic heterocycles. The van der Waals surface area contributed by atoms with Gasteiger partial charge in [0.05, 0.1) is 16.9 Å². The van der Waals surface area contributed by atoms with Crippen molar-refractivity contribution in [3.8, 4) is 0 Å². The number of rotatable bonds is 5. The summed E-state index contributed by atoms with van der Waals surface area (Å²) in [4.78, 5) is 16.2. The van der Waals surface area contributed by atoms with Crippen molar-refractivity contribution < 1.29 is 18.0 Å². The molecule has 7 nitrogen and oxygen atoms in total. The number of hydrogen-bond donors (Lipinski definition) is 4. The highest BCUT2D eigenvalue weighted by Gasteiger charge is 2.36. The van der Waals surface area contributed by atoms with Crippen LogP contribution in [-0.4, -0.2) is 33.4 Å². The Balaban J connectivity index is 1.67. The Morgan fingerprint density at radius 1 is 1.18 bits per heavy atom. The second kappa shape index (κ2) is 7.75. The number of halogens is 3. The van der Waals surface area contributed by atoms with Crippen LogP contribution in [0.1, 0.15) is 25.5 Å². The van der Waals surface area contributed by atoms with Crippen LogP contribution in [0.5, 0.6) is 0 Å². The Labute approximate surface area is 158 Å². The highest BCUT2D eigenvalue weighted by Crippen LogP contribution is 2.27. The first kappa shape index (κ1) is 19.5. The summed E-state index contributed by atoms with van der Waals surface area (Å²) < 4.78 is 38.1. The van der Waals surface area contributed by atoms with Crippen LogP contribution in [0.3, 0.4) is 0 Å². The highest BCUT2D eigenvalue weighted by molar-refractivity contribution is 5.94. The fourth-order valence-corrected chi connectivity index (χ4v) is 2.55. The lowest BCUT2D eigenvalue weighted by molar-refractivity contribution is -0.138. The van der Waals surface area contributed by atoms with Gasteiger partial charge >= 0.3 is 12.2 Å². The maximum atomic E-state index is 12.7. The number of pyridine rings is 1. The predicted molar refractivity (Wildman–Crippen MR) is 100 cm³/mol. The third kappa shape index (κ3) is 4.51. The summed E-state index contributed by atoms with van der Waals surface area (Å²) in [5.74, 6) is 0.283. The standard InChI is InChI=1S/C18H19F3N6O/c1-10(12-6-4-3-5-7-12)23-17(28)25-15-8-14-13(9-22-15)16(27-26-14)24-11(2)18(19,20)21/h3-11H,1-2H3,(H2,24,26,27)(H2,22,23,25,28). The smallest absolute Gasteiger partial charge is 0.357 e. The second-order valence-corrected chi connectivity index (χ2v) is 6.33. The zero-order valence-corrected chi connectivity index (χ0v) is 15.1. The number of amides is 2. The number of carbonyl (C=O) groups excluding carboxylic acids is 1. The van der Waals surface area contributed by atoms with Gasteiger partial charge in [-0.1, -0.05) is 30.3 Å². The number of benzene rings is 1. The molecule has 148 valence electrons. The molecule has 0 radical (unpaired) electrons. The summed E-state index contributed by atoms with van der Waals surface area (Å²) >= 11 is 0. The molecule has 0 saturated carbocycles. The summed E-state index contributed by atoms with van der Waals surface area (Å²) in [6.45, 7) is 2.85. The van der Waals surface area contributed by atoms with Gasteiger partial charge in [0.2, 0.25) is 0 Å². The number of aromatic nitrogens is 3. The van der Waals surface area contributed by atoms with E-state index in [-0.39, 0.29) is 17.7 Å². The first-order valence-electron chi connectivity index (χ1n) is 8.54. The average Bonchev–Trinajstić information content (AvgIpc) is 3.03. The van der Waals surface area contributed by atoms with Crippen LogP contribution in [0.25, 0.3) is 10.9 Å². The van der Waals surface area contributed by atoms with E-state index in [9.17, 15) is 18.0 Å². The molecule has 3 rings (SSSR count). The Morgan fingerprint density at radius 3 is 2.57 bits per heavy atom. The third-order valence-electron chi connectivity index (χ3n) is 4.18. The molecule has 2 aromatic heterocycles. The summed E-state index contributed by atoms with van der Waals surface area (Å²) in [6, 6.07) is 8.52. The molecule has 0 saturated heterocycles. The van der Waals surface area contributed by atoms with Crippen LogP contribution in [0.15, 0.2) is 42.6 Å². The van der Waals surface area contributed by atoms with Crippen molar-refractivity contribution in [1.82, 2.24) is 20.5 Å².